The number of benzene rings is 3. The number of nitro benzene ring substituents is 1. The van der Waals surface area contributed by atoms with E-state index in [2.05, 4.69) is 55.8 Å². The zero-order valence-corrected chi connectivity index (χ0v) is 39.9. The van der Waals surface area contributed by atoms with Gasteiger partial charge >= 0.3 is 6.09 Å². The number of halogens is 1. The smallest absolute Gasteiger partial charge is 0.407 e. The average Bonchev–Trinajstić information content (AvgIpc) is 3.75. The number of nitro groups is 1. The molecule has 0 bridgehead atoms. The number of aromatic nitrogens is 2. The largest absolute Gasteiger partial charge is 0.465 e. The topological polar surface area (TPSA) is 203 Å². The first kappa shape index (κ1) is 47.3. The number of H-pyrrole nitrogens is 1. The lowest BCUT2D eigenvalue weighted by molar-refractivity contribution is -0.384. The van der Waals surface area contributed by atoms with Crippen molar-refractivity contribution in [1.29, 1.82) is 0 Å². The number of sulfonamides is 1. The van der Waals surface area contributed by atoms with Crippen LogP contribution in [0.15, 0.2) is 95.7 Å². The quantitative estimate of drug-likeness (QED) is 0.0682. The summed E-state index contributed by atoms with van der Waals surface area (Å²) in [5.41, 5.74) is 4.80. The van der Waals surface area contributed by atoms with E-state index in [9.17, 15) is 33.2 Å². The third kappa shape index (κ3) is 10.8. The molecule has 354 valence electrons. The number of pyridine rings is 1. The Balaban J connectivity index is 1.00. The number of nitrogens with zero attached hydrogens (tertiary/aromatic N) is 5. The van der Waals surface area contributed by atoms with Crippen LogP contribution in [-0.2, 0) is 10.0 Å². The molecule has 4 heterocycles. The molecule has 2 fully saturated rings. The second-order valence-corrected chi connectivity index (χ2v) is 21.8. The molecule has 67 heavy (non-hydrogen) atoms. The lowest BCUT2D eigenvalue weighted by atomic mass is 9.72. The van der Waals surface area contributed by atoms with Gasteiger partial charge in [0.25, 0.3) is 21.6 Å². The Morgan fingerprint density at radius 1 is 1.01 bits per heavy atom. The fraction of sp³-hybridized carbons (Fsp3) is 0.408. The molecule has 3 aliphatic rings. The number of anilines is 2. The minimum Gasteiger partial charge on any atom is -0.465 e. The molecule has 8 rings (SSSR count). The van der Waals surface area contributed by atoms with Crippen molar-refractivity contribution in [3.05, 3.63) is 117 Å². The first-order valence-electron chi connectivity index (χ1n) is 22.5. The monoisotopic (exact) mass is 952 g/mol. The standard InChI is InChI=1S/C49H57ClN8O8S/c1-48(2,3)44-25-35(16-19-57(44)47(60)61)53-41-13-11-38(27-42(41)58(62)63)67(64,65)54-46(59)39-12-10-36(26-43(39)66-37-24-32-15-18-51-45(32)52-29-37)56-22-20-55(21-23-56)30-33-14-17-49(4,5)28-40(33)31-6-8-34(50)9-7-31/h6-13,15,18,24,26-27,29,35,44,53H,14,16-17,19-23,25,28,30H2,1-5H3,(H,51,52)(H,54,59)(H,60,61). The Labute approximate surface area is 395 Å². The van der Waals surface area contributed by atoms with E-state index in [-0.39, 0.29) is 41.0 Å². The van der Waals surface area contributed by atoms with Crippen LogP contribution in [0.3, 0.4) is 0 Å². The molecule has 0 radical (unpaired) electrons. The number of carbonyl (C=O) groups is 2. The molecule has 2 saturated heterocycles. The fourth-order valence-electron chi connectivity index (χ4n) is 9.53. The number of rotatable bonds is 12. The molecule has 0 spiro atoms. The highest BCUT2D eigenvalue weighted by Gasteiger charge is 2.39. The van der Waals surface area contributed by atoms with E-state index in [1.807, 2.05) is 39.0 Å². The summed E-state index contributed by atoms with van der Waals surface area (Å²) in [6, 6.07) is 19.5. The maximum absolute atomic E-state index is 14.0. The summed E-state index contributed by atoms with van der Waals surface area (Å²) in [6.45, 7) is 14.6. The van der Waals surface area contributed by atoms with Crippen LogP contribution in [0.25, 0.3) is 16.6 Å². The summed E-state index contributed by atoms with van der Waals surface area (Å²) in [4.78, 5) is 50.7. The average molecular weight is 954 g/mol. The number of carboxylic acid groups (broad SMARTS) is 1. The minimum atomic E-state index is -4.65. The molecular formula is C49H57ClN8O8S. The summed E-state index contributed by atoms with van der Waals surface area (Å²) < 4.78 is 36.1. The molecule has 2 aromatic heterocycles. The predicted molar refractivity (Wildman–Crippen MR) is 260 cm³/mol. The van der Waals surface area contributed by atoms with Gasteiger partial charge in [0.2, 0.25) is 0 Å². The van der Waals surface area contributed by atoms with Gasteiger partial charge in [0.1, 0.15) is 22.8 Å². The number of carbonyl (C=O) groups excluding carboxylic acids is 1. The highest BCUT2D eigenvalue weighted by atomic mass is 35.5. The Kier molecular flexibility index (Phi) is 13.3. The van der Waals surface area contributed by atoms with Crippen molar-refractivity contribution in [2.45, 2.75) is 83.7 Å². The van der Waals surface area contributed by atoms with Gasteiger partial charge in [0, 0.05) is 85.8 Å². The van der Waals surface area contributed by atoms with E-state index in [4.69, 9.17) is 16.3 Å². The number of ether oxygens (including phenoxy) is 1. The van der Waals surface area contributed by atoms with Crippen molar-refractivity contribution in [3.8, 4) is 11.5 Å². The van der Waals surface area contributed by atoms with Crippen LogP contribution in [0, 0.1) is 20.9 Å². The van der Waals surface area contributed by atoms with Crippen molar-refractivity contribution < 1.29 is 32.8 Å². The van der Waals surface area contributed by atoms with Gasteiger partial charge in [0.05, 0.1) is 21.6 Å². The number of piperidine rings is 1. The number of hydrogen-bond donors (Lipinski definition) is 4. The first-order chi connectivity index (χ1) is 31.7. The Bertz CT molecular complexity index is 2830. The summed E-state index contributed by atoms with van der Waals surface area (Å²) in [5.74, 6) is -0.571. The predicted octanol–water partition coefficient (Wildman–Crippen LogP) is 9.79. The van der Waals surface area contributed by atoms with Crippen molar-refractivity contribution >= 4 is 67.3 Å². The normalized spacial score (nSPS) is 19.3. The van der Waals surface area contributed by atoms with Gasteiger partial charge in [-0.2, -0.15) is 0 Å². The van der Waals surface area contributed by atoms with Crippen molar-refractivity contribution in [2.24, 2.45) is 10.8 Å². The second kappa shape index (κ2) is 18.8. The number of nitrogens with one attached hydrogen (secondary N) is 3. The number of fused-ring (bicyclic) bond motifs is 1. The lowest BCUT2D eigenvalue weighted by Crippen LogP contribution is -2.54. The molecule has 2 unspecified atom stereocenters. The van der Waals surface area contributed by atoms with E-state index >= 15 is 0 Å². The number of hydrogen-bond acceptors (Lipinski definition) is 11. The van der Waals surface area contributed by atoms with E-state index < -0.39 is 42.9 Å². The van der Waals surface area contributed by atoms with Crippen LogP contribution >= 0.6 is 11.6 Å². The van der Waals surface area contributed by atoms with Gasteiger partial charge in [-0.05, 0) is 103 Å². The molecule has 2 atom stereocenters. The van der Waals surface area contributed by atoms with E-state index in [1.165, 1.54) is 46.0 Å². The minimum absolute atomic E-state index is 0.0732. The van der Waals surface area contributed by atoms with Crippen LogP contribution in [0.4, 0.5) is 21.9 Å². The van der Waals surface area contributed by atoms with Crippen molar-refractivity contribution in [2.75, 3.05) is 49.5 Å². The second-order valence-electron chi connectivity index (χ2n) is 19.7. The van der Waals surface area contributed by atoms with Gasteiger partial charge in [-0.3, -0.25) is 19.8 Å². The summed E-state index contributed by atoms with van der Waals surface area (Å²) in [5, 5.41) is 26.8. The highest BCUT2D eigenvalue weighted by Crippen LogP contribution is 2.44. The molecule has 1 aliphatic carbocycles. The van der Waals surface area contributed by atoms with E-state index in [0.29, 0.717) is 37.3 Å². The van der Waals surface area contributed by atoms with Gasteiger partial charge in [0.15, 0.2) is 0 Å². The molecule has 18 heteroatoms. The molecule has 0 saturated carbocycles. The maximum atomic E-state index is 14.0. The van der Waals surface area contributed by atoms with E-state index in [1.54, 1.807) is 24.4 Å². The molecule has 2 amide bonds. The van der Waals surface area contributed by atoms with Crippen LogP contribution in [0.1, 0.15) is 82.6 Å². The molecule has 16 nitrogen and oxygen atoms in total. The SMILES string of the molecule is CC1(C)CCC(CN2CCN(c3ccc(C(=O)NS(=O)(=O)c4ccc(NC5CCN(C(=O)O)C(C(C)(C)C)C5)c([N+](=O)[O-])c4)c(Oc4cnc5[nH]ccc5c4)c3)CC2)=C(c2ccc(Cl)cc2)C1. The first-order valence-corrected chi connectivity index (χ1v) is 24.4. The van der Waals surface area contributed by atoms with Gasteiger partial charge in [-0.15, -0.1) is 0 Å². The number of amides is 2. The van der Waals surface area contributed by atoms with Crippen molar-refractivity contribution in [3.63, 3.8) is 0 Å². The Morgan fingerprint density at radius 3 is 2.46 bits per heavy atom. The van der Waals surface area contributed by atoms with Crippen molar-refractivity contribution in [1.82, 2.24) is 24.5 Å². The molecule has 4 N–H and O–H groups in total. The van der Waals surface area contributed by atoms with E-state index in [0.717, 1.165) is 61.1 Å². The van der Waals surface area contributed by atoms with Gasteiger partial charge < -0.3 is 29.9 Å². The summed E-state index contributed by atoms with van der Waals surface area (Å²) >= 11 is 6.25. The summed E-state index contributed by atoms with van der Waals surface area (Å²) in [6.07, 6.45) is 6.16. The number of piperazine rings is 1. The van der Waals surface area contributed by atoms with Crippen LogP contribution in [0.2, 0.25) is 5.02 Å². The third-order valence-corrected chi connectivity index (χ3v) is 14.8. The number of allylic oxidation sites excluding steroid dienone is 1. The summed E-state index contributed by atoms with van der Waals surface area (Å²) in [7, 11) is -4.65. The highest BCUT2D eigenvalue weighted by molar-refractivity contribution is 7.90. The van der Waals surface area contributed by atoms with Gasteiger partial charge in [-0.1, -0.05) is 63.9 Å². The number of aromatic amines is 1. The Morgan fingerprint density at radius 2 is 1.76 bits per heavy atom. The molecule has 3 aromatic carbocycles. The fourth-order valence-corrected chi connectivity index (χ4v) is 10.6. The number of likely N-dealkylation sites (tertiary alicyclic amines) is 1. The van der Waals surface area contributed by atoms with Crippen LogP contribution in [0.5, 0.6) is 11.5 Å². The molecule has 2 aliphatic heterocycles. The molecular weight excluding hydrogens is 896 g/mol. The lowest BCUT2D eigenvalue weighted by Gasteiger charge is -2.44. The molecule has 5 aromatic rings. The third-order valence-electron chi connectivity index (χ3n) is 13.3. The zero-order chi connectivity index (χ0) is 47.8. The van der Waals surface area contributed by atoms with Crippen LogP contribution < -0.4 is 19.7 Å². The van der Waals surface area contributed by atoms with Crippen LogP contribution in [-0.4, -0.2) is 102 Å². The zero-order valence-electron chi connectivity index (χ0n) is 38.3. The maximum Gasteiger partial charge on any atom is 0.407 e. The van der Waals surface area contributed by atoms with Gasteiger partial charge in [-0.25, -0.2) is 22.9 Å². The Hall–Kier alpha value is -6.17.